The molecule has 1 saturated carbocycles. The van der Waals surface area contributed by atoms with Gasteiger partial charge in [0.25, 0.3) is 10.0 Å². The Kier molecular flexibility index (Phi) is 11.6. The average Bonchev–Trinajstić information content (AvgIpc) is 3.62. The molecule has 9 nitrogen and oxygen atoms in total. The van der Waals surface area contributed by atoms with Crippen molar-refractivity contribution in [2.45, 2.75) is 55.6 Å². The molecule has 0 aliphatic heterocycles. The molecule has 0 aromatic heterocycles. The van der Waals surface area contributed by atoms with Crippen molar-refractivity contribution in [2.75, 3.05) is 25.1 Å². The molecule has 0 heterocycles. The maximum atomic E-state index is 14.7. The van der Waals surface area contributed by atoms with E-state index in [9.17, 15) is 18.0 Å². The fourth-order valence-electron chi connectivity index (χ4n) is 5.96. The maximum Gasteiger partial charge on any atom is 0.264 e. The molecule has 0 saturated heterocycles. The number of benzene rings is 4. The second-order valence-electron chi connectivity index (χ2n) is 11.7. The molecule has 4 aromatic carbocycles. The van der Waals surface area contributed by atoms with Crippen molar-refractivity contribution in [2.24, 2.45) is 0 Å². The van der Waals surface area contributed by atoms with Crippen molar-refractivity contribution in [1.82, 2.24) is 10.2 Å². The minimum atomic E-state index is -4.32. The molecule has 2 amide bonds. The zero-order valence-corrected chi connectivity index (χ0v) is 28.6. The average molecular weight is 690 g/mol. The van der Waals surface area contributed by atoms with Crippen molar-refractivity contribution in [3.63, 3.8) is 0 Å². The molecule has 0 bridgehead atoms. The predicted molar refractivity (Wildman–Crippen MR) is 187 cm³/mol. The Hall–Kier alpha value is -4.54. The van der Waals surface area contributed by atoms with Gasteiger partial charge in [0, 0.05) is 30.1 Å². The van der Waals surface area contributed by atoms with E-state index in [-0.39, 0.29) is 41.2 Å². The van der Waals surface area contributed by atoms with Crippen LogP contribution in [0.15, 0.2) is 108 Å². The van der Waals surface area contributed by atoms with Gasteiger partial charge in [-0.2, -0.15) is 0 Å². The van der Waals surface area contributed by atoms with Crippen LogP contribution < -0.4 is 19.1 Å². The normalized spacial score (nSPS) is 13.8. The van der Waals surface area contributed by atoms with E-state index in [4.69, 9.17) is 21.1 Å². The summed E-state index contributed by atoms with van der Waals surface area (Å²) in [6, 6.07) is 28.4. The topological polar surface area (TPSA) is 105 Å². The first-order valence-electron chi connectivity index (χ1n) is 15.9. The molecule has 48 heavy (non-hydrogen) atoms. The number of methoxy groups -OCH3 is 2. The zero-order valence-electron chi connectivity index (χ0n) is 27.0. The minimum Gasteiger partial charge on any atom is -0.493 e. The van der Waals surface area contributed by atoms with Crippen LogP contribution in [-0.2, 0) is 32.6 Å². The summed E-state index contributed by atoms with van der Waals surface area (Å²) in [5.74, 6) is -0.267. The quantitative estimate of drug-likeness (QED) is 0.168. The second-order valence-corrected chi connectivity index (χ2v) is 13.9. The van der Waals surface area contributed by atoms with Crippen LogP contribution in [0.2, 0.25) is 5.02 Å². The van der Waals surface area contributed by atoms with E-state index in [1.54, 1.807) is 48.5 Å². The summed E-state index contributed by atoms with van der Waals surface area (Å²) in [5, 5.41) is 3.61. The van der Waals surface area contributed by atoms with Gasteiger partial charge in [-0.05, 0) is 54.3 Å². The number of sulfonamides is 1. The summed E-state index contributed by atoms with van der Waals surface area (Å²) >= 11 is 6.60. The van der Waals surface area contributed by atoms with Crippen LogP contribution in [0.5, 0.6) is 11.5 Å². The summed E-state index contributed by atoms with van der Waals surface area (Å²) in [6.45, 7) is -0.583. The standard InChI is InChI=1S/C37H40ClN3O6S/c1-46-34-22-21-31(24-35(34)47-2)48(44,45)41(30-18-7-4-8-19-30)26-36(42)40(25-28-15-9-12-20-32(28)38)33(23-27-13-5-3-6-14-27)37(43)39-29-16-10-11-17-29/h3-9,12-15,18-22,24,29,33H,10-11,16-17,23,25-26H2,1-2H3,(H,39,43)/t33-/m1/s1. The third-order valence-corrected chi connectivity index (χ3v) is 10.7. The molecular weight excluding hydrogens is 650 g/mol. The van der Waals surface area contributed by atoms with Crippen LogP contribution in [-0.4, -0.2) is 58.0 Å². The molecule has 1 N–H and O–H groups in total. The first-order chi connectivity index (χ1) is 23.2. The van der Waals surface area contributed by atoms with Crippen molar-refractivity contribution in [3.05, 3.63) is 119 Å². The highest BCUT2D eigenvalue weighted by atomic mass is 35.5. The molecule has 1 atom stereocenters. The number of hydrogen-bond donors (Lipinski definition) is 1. The Labute approximate surface area is 287 Å². The first kappa shape index (κ1) is 34.8. The largest absolute Gasteiger partial charge is 0.493 e. The number of halogens is 1. The second kappa shape index (κ2) is 16.0. The molecule has 0 radical (unpaired) electrons. The van der Waals surface area contributed by atoms with Gasteiger partial charge in [0.15, 0.2) is 11.5 Å². The van der Waals surface area contributed by atoms with Crippen LogP contribution in [0.3, 0.4) is 0 Å². The SMILES string of the molecule is COc1ccc(S(=O)(=O)N(CC(=O)N(Cc2ccccc2Cl)[C@H](Cc2ccccc2)C(=O)NC2CCCC2)c2ccccc2)cc1OC. The maximum absolute atomic E-state index is 14.7. The van der Waals surface area contributed by atoms with E-state index in [1.165, 1.54) is 37.3 Å². The number of hydrogen-bond acceptors (Lipinski definition) is 6. The van der Waals surface area contributed by atoms with Gasteiger partial charge in [-0.25, -0.2) is 8.42 Å². The number of rotatable bonds is 14. The van der Waals surface area contributed by atoms with Gasteiger partial charge in [-0.15, -0.1) is 0 Å². The number of para-hydroxylation sites is 1. The van der Waals surface area contributed by atoms with E-state index in [0.29, 0.717) is 16.3 Å². The predicted octanol–water partition coefficient (Wildman–Crippen LogP) is 6.25. The van der Waals surface area contributed by atoms with Crippen LogP contribution in [0.25, 0.3) is 0 Å². The van der Waals surface area contributed by atoms with Gasteiger partial charge < -0.3 is 19.7 Å². The van der Waals surface area contributed by atoms with Crippen molar-refractivity contribution < 1.29 is 27.5 Å². The number of nitrogens with zero attached hydrogens (tertiary/aromatic N) is 2. The van der Waals surface area contributed by atoms with Gasteiger partial charge in [0.2, 0.25) is 11.8 Å². The number of ether oxygens (including phenoxy) is 2. The number of anilines is 1. The molecule has 0 spiro atoms. The highest BCUT2D eigenvalue weighted by Crippen LogP contribution is 2.32. The first-order valence-corrected chi connectivity index (χ1v) is 17.7. The fraction of sp³-hybridized carbons (Fsp3) is 0.297. The number of carbonyl (C=O) groups is 2. The van der Waals surface area contributed by atoms with Crippen LogP contribution in [0, 0.1) is 0 Å². The third-order valence-electron chi connectivity index (χ3n) is 8.54. The summed E-state index contributed by atoms with van der Waals surface area (Å²) in [4.78, 5) is 30.2. The summed E-state index contributed by atoms with van der Waals surface area (Å²) < 4.78 is 40.5. The lowest BCUT2D eigenvalue weighted by atomic mass is 10.0. The minimum absolute atomic E-state index is 0.00682. The highest BCUT2D eigenvalue weighted by molar-refractivity contribution is 7.92. The summed E-state index contributed by atoms with van der Waals surface area (Å²) in [6.07, 6.45) is 4.01. The van der Waals surface area contributed by atoms with E-state index >= 15 is 0 Å². The monoisotopic (exact) mass is 689 g/mol. The number of carbonyl (C=O) groups excluding carboxylic acids is 2. The van der Waals surface area contributed by atoms with Crippen molar-refractivity contribution in [1.29, 1.82) is 0 Å². The van der Waals surface area contributed by atoms with Crippen molar-refractivity contribution in [3.8, 4) is 11.5 Å². The molecule has 4 aromatic rings. The van der Waals surface area contributed by atoms with E-state index in [1.807, 2.05) is 36.4 Å². The number of nitrogens with one attached hydrogen (secondary N) is 1. The Morgan fingerprint density at radius 1 is 0.854 bits per heavy atom. The van der Waals surface area contributed by atoms with Crippen LogP contribution in [0.4, 0.5) is 5.69 Å². The zero-order chi connectivity index (χ0) is 34.1. The van der Waals surface area contributed by atoms with Gasteiger partial charge >= 0.3 is 0 Å². The lowest BCUT2D eigenvalue weighted by Crippen LogP contribution is -2.54. The fourth-order valence-corrected chi connectivity index (χ4v) is 7.58. The van der Waals surface area contributed by atoms with Crippen LogP contribution >= 0.6 is 11.6 Å². The summed E-state index contributed by atoms with van der Waals surface area (Å²) in [7, 11) is -1.44. The van der Waals surface area contributed by atoms with E-state index in [0.717, 1.165) is 35.6 Å². The molecule has 1 aliphatic rings. The van der Waals surface area contributed by atoms with Gasteiger partial charge in [0.1, 0.15) is 12.6 Å². The van der Waals surface area contributed by atoms with Gasteiger partial charge in [0.05, 0.1) is 24.8 Å². The molecule has 0 unspecified atom stereocenters. The molecule has 1 fully saturated rings. The molecular formula is C37H40ClN3O6S. The lowest BCUT2D eigenvalue weighted by molar-refractivity contribution is -0.140. The molecule has 11 heteroatoms. The smallest absolute Gasteiger partial charge is 0.264 e. The van der Waals surface area contributed by atoms with Crippen molar-refractivity contribution >= 4 is 39.1 Å². The van der Waals surface area contributed by atoms with E-state index in [2.05, 4.69) is 5.32 Å². The lowest BCUT2D eigenvalue weighted by Gasteiger charge is -2.34. The summed E-state index contributed by atoms with van der Waals surface area (Å²) in [5.41, 5.74) is 1.78. The van der Waals surface area contributed by atoms with Crippen LogP contribution in [0.1, 0.15) is 36.8 Å². The Morgan fingerprint density at radius 2 is 1.48 bits per heavy atom. The molecule has 252 valence electrons. The van der Waals surface area contributed by atoms with Gasteiger partial charge in [-0.3, -0.25) is 13.9 Å². The molecule has 1 aliphatic carbocycles. The Bertz CT molecular complexity index is 1800. The molecule has 5 rings (SSSR count). The highest BCUT2D eigenvalue weighted by Gasteiger charge is 2.36. The Balaban J connectivity index is 1.57. The van der Waals surface area contributed by atoms with E-state index < -0.39 is 28.5 Å². The number of amides is 2. The third kappa shape index (κ3) is 8.29. The Morgan fingerprint density at radius 3 is 2.12 bits per heavy atom. The van der Waals surface area contributed by atoms with Gasteiger partial charge in [-0.1, -0.05) is 91.2 Å².